The quantitative estimate of drug-likeness (QED) is 0.848. The first-order chi connectivity index (χ1) is 7.74. The number of benzene rings is 1. The van der Waals surface area contributed by atoms with Crippen LogP contribution in [0.5, 0.6) is 5.88 Å². The maximum Gasteiger partial charge on any atom is 0.224 e. The number of hydrogen-bond donors (Lipinski definition) is 1. The van der Waals surface area contributed by atoms with Gasteiger partial charge in [-0.25, -0.2) is 9.37 Å². The molecule has 0 saturated carbocycles. The summed E-state index contributed by atoms with van der Waals surface area (Å²) in [6, 6.07) is 4.33. The molecule has 2 N–H and O–H groups in total. The van der Waals surface area contributed by atoms with E-state index in [-0.39, 0.29) is 5.82 Å². The monoisotopic (exact) mass is 221 g/mol. The molecule has 0 unspecified atom stereocenters. The van der Waals surface area contributed by atoms with Crippen molar-refractivity contribution in [3.8, 4) is 5.88 Å². The van der Waals surface area contributed by atoms with Gasteiger partial charge < -0.3 is 10.5 Å². The number of ether oxygens (including phenoxy) is 1. The second kappa shape index (κ2) is 4.40. The van der Waals surface area contributed by atoms with Gasteiger partial charge in [0.1, 0.15) is 11.6 Å². The van der Waals surface area contributed by atoms with Crippen LogP contribution in [0.2, 0.25) is 0 Å². The molecule has 2 aromatic rings. The molecule has 0 aliphatic carbocycles. The second-order valence-corrected chi connectivity index (χ2v) is 3.35. The predicted octanol–water partition coefficient (Wildman–Crippen LogP) is 1.28. The van der Waals surface area contributed by atoms with Crippen molar-refractivity contribution in [3.05, 3.63) is 29.8 Å². The van der Waals surface area contributed by atoms with Crippen LogP contribution < -0.4 is 10.5 Å². The third kappa shape index (κ3) is 1.94. The molecule has 1 aromatic heterocycles. The summed E-state index contributed by atoms with van der Waals surface area (Å²) in [6.45, 7) is 0.448. The highest BCUT2D eigenvalue weighted by molar-refractivity contribution is 5.83. The lowest BCUT2D eigenvalue weighted by Crippen LogP contribution is -2.07. The summed E-state index contributed by atoms with van der Waals surface area (Å²) < 4.78 is 18.2. The van der Waals surface area contributed by atoms with Crippen LogP contribution in [0, 0.1) is 5.82 Å². The van der Waals surface area contributed by atoms with Gasteiger partial charge in [0.2, 0.25) is 5.88 Å². The predicted molar refractivity (Wildman–Crippen MR) is 58.8 cm³/mol. The van der Waals surface area contributed by atoms with E-state index in [2.05, 4.69) is 9.97 Å². The van der Waals surface area contributed by atoms with E-state index in [0.29, 0.717) is 35.6 Å². The Kier molecular flexibility index (Phi) is 2.96. The van der Waals surface area contributed by atoms with Gasteiger partial charge >= 0.3 is 0 Å². The maximum absolute atomic E-state index is 13.1. The summed E-state index contributed by atoms with van der Waals surface area (Å²) in [6.07, 6.45) is 0.544. The van der Waals surface area contributed by atoms with Crippen molar-refractivity contribution in [2.75, 3.05) is 13.7 Å². The minimum Gasteiger partial charge on any atom is -0.480 e. The van der Waals surface area contributed by atoms with Crippen LogP contribution >= 0.6 is 0 Å². The molecule has 0 fully saturated rings. The molecule has 1 aromatic carbocycles. The number of rotatable bonds is 3. The van der Waals surface area contributed by atoms with Crippen LogP contribution in [0.4, 0.5) is 4.39 Å². The van der Waals surface area contributed by atoms with Crippen LogP contribution in [0.15, 0.2) is 18.2 Å². The van der Waals surface area contributed by atoms with Gasteiger partial charge in [-0.15, -0.1) is 0 Å². The van der Waals surface area contributed by atoms with Crippen molar-refractivity contribution in [3.63, 3.8) is 0 Å². The summed E-state index contributed by atoms with van der Waals surface area (Å²) in [7, 11) is 1.53. The first kappa shape index (κ1) is 10.8. The Morgan fingerprint density at radius 2 is 2.19 bits per heavy atom. The number of aromatic nitrogens is 2. The number of fused-ring (bicyclic) bond motifs is 1. The van der Waals surface area contributed by atoms with Gasteiger partial charge in [-0.1, -0.05) is 0 Å². The Labute approximate surface area is 92.3 Å². The first-order valence-electron chi connectivity index (χ1n) is 4.95. The number of nitrogens with zero attached hydrogens (tertiary/aromatic N) is 2. The van der Waals surface area contributed by atoms with Gasteiger partial charge in [0.25, 0.3) is 0 Å². The molecule has 0 amide bonds. The largest absolute Gasteiger partial charge is 0.480 e. The van der Waals surface area contributed by atoms with Gasteiger partial charge in [0, 0.05) is 12.5 Å². The summed E-state index contributed by atoms with van der Waals surface area (Å²) in [5.41, 5.74) is 5.97. The van der Waals surface area contributed by atoms with E-state index in [0.717, 1.165) is 0 Å². The van der Waals surface area contributed by atoms with Crippen molar-refractivity contribution in [2.45, 2.75) is 6.42 Å². The summed E-state index contributed by atoms with van der Waals surface area (Å²) >= 11 is 0. The van der Waals surface area contributed by atoms with E-state index in [4.69, 9.17) is 10.5 Å². The fraction of sp³-hybridized carbons (Fsp3) is 0.273. The summed E-state index contributed by atoms with van der Waals surface area (Å²) in [5.74, 6) is 0.692. The molecular weight excluding hydrogens is 209 g/mol. The van der Waals surface area contributed by atoms with E-state index < -0.39 is 0 Å². The van der Waals surface area contributed by atoms with Crippen LogP contribution in [0.3, 0.4) is 0 Å². The standard InChI is InChI=1S/C11H12FN3O/c1-16-11-8-3-2-7(12)6-9(8)14-10(15-11)4-5-13/h2-3,6H,4-5,13H2,1H3. The van der Waals surface area contributed by atoms with E-state index in [1.54, 1.807) is 6.07 Å². The molecule has 2 rings (SSSR count). The summed E-state index contributed by atoms with van der Waals surface area (Å²) in [5, 5.41) is 0.699. The third-order valence-corrected chi connectivity index (χ3v) is 2.23. The van der Waals surface area contributed by atoms with Crippen molar-refractivity contribution in [2.24, 2.45) is 5.73 Å². The highest BCUT2D eigenvalue weighted by atomic mass is 19.1. The van der Waals surface area contributed by atoms with E-state index in [9.17, 15) is 4.39 Å². The third-order valence-electron chi connectivity index (χ3n) is 2.23. The van der Waals surface area contributed by atoms with Gasteiger partial charge in [0.15, 0.2) is 0 Å². The lowest BCUT2D eigenvalue weighted by atomic mass is 10.2. The molecular formula is C11H12FN3O. The Morgan fingerprint density at radius 3 is 2.88 bits per heavy atom. The zero-order valence-corrected chi connectivity index (χ0v) is 8.90. The Balaban J connectivity index is 2.63. The van der Waals surface area contributed by atoms with Gasteiger partial charge in [-0.05, 0) is 18.7 Å². The Hall–Kier alpha value is -1.75. The number of halogens is 1. The number of methoxy groups -OCH3 is 1. The van der Waals surface area contributed by atoms with Crippen LogP contribution in [-0.2, 0) is 6.42 Å². The van der Waals surface area contributed by atoms with E-state index in [1.165, 1.54) is 19.2 Å². The molecule has 16 heavy (non-hydrogen) atoms. The van der Waals surface area contributed by atoms with Crippen LogP contribution in [0.1, 0.15) is 5.82 Å². The molecule has 0 atom stereocenters. The topological polar surface area (TPSA) is 61.0 Å². The van der Waals surface area contributed by atoms with Crippen molar-refractivity contribution in [1.82, 2.24) is 9.97 Å². The van der Waals surface area contributed by atoms with Crippen molar-refractivity contribution in [1.29, 1.82) is 0 Å². The van der Waals surface area contributed by atoms with Crippen LogP contribution in [0.25, 0.3) is 10.9 Å². The fourth-order valence-electron chi connectivity index (χ4n) is 1.52. The van der Waals surface area contributed by atoms with E-state index in [1.807, 2.05) is 0 Å². The molecule has 0 saturated heterocycles. The van der Waals surface area contributed by atoms with Crippen molar-refractivity contribution < 1.29 is 9.13 Å². The SMILES string of the molecule is COc1nc(CCN)nc2cc(F)ccc12. The minimum absolute atomic E-state index is 0.327. The smallest absolute Gasteiger partial charge is 0.224 e. The van der Waals surface area contributed by atoms with Gasteiger partial charge in [-0.2, -0.15) is 4.98 Å². The molecule has 4 nitrogen and oxygen atoms in total. The average molecular weight is 221 g/mol. The molecule has 5 heteroatoms. The molecule has 0 bridgehead atoms. The Bertz CT molecular complexity index is 516. The zero-order valence-electron chi connectivity index (χ0n) is 8.90. The molecule has 0 aliphatic rings. The van der Waals surface area contributed by atoms with Crippen molar-refractivity contribution >= 4 is 10.9 Å². The average Bonchev–Trinajstić information content (AvgIpc) is 2.27. The van der Waals surface area contributed by atoms with E-state index >= 15 is 0 Å². The first-order valence-corrected chi connectivity index (χ1v) is 4.95. The highest BCUT2D eigenvalue weighted by Gasteiger charge is 2.08. The maximum atomic E-state index is 13.1. The lowest BCUT2D eigenvalue weighted by molar-refractivity contribution is 0.400. The molecule has 1 heterocycles. The fourth-order valence-corrected chi connectivity index (χ4v) is 1.52. The molecule has 84 valence electrons. The zero-order chi connectivity index (χ0) is 11.5. The minimum atomic E-state index is -0.327. The normalized spacial score (nSPS) is 10.7. The van der Waals surface area contributed by atoms with Gasteiger partial charge in [-0.3, -0.25) is 0 Å². The molecule has 0 aliphatic heterocycles. The molecule has 0 radical (unpaired) electrons. The number of hydrogen-bond acceptors (Lipinski definition) is 4. The Morgan fingerprint density at radius 1 is 1.38 bits per heavy atom. The number of nitrogens with two attached hydrogens (primary N) is 1. The van der Waals surface area contributed by atoms with Crippen LogP contribution in [-0.4, -0.2) is 23.6 Å². The second-order valence-electron chi connectivity index (χ2n) is 3.35. The highest BCUT2D eigenvalue weighted by Crippen LogP contribution is 2.22. The lowest BCUT2D eigenvalue weighted by Gasteiger charge is -2.06. The molecule has 0 spiro atoms. The van der Waals surface area contributed by atoms with Gasteiger partial charge in [0.05, 0.1) is 18.0 Å². The summed E-state index contributed by atoms with van der Waals surface area (Å²) in [4.78, 5) is 8.43.